The van der Waals surface area contributed by atoms with Crippen molar-refractivity contribution in [3.8, 4) is 5.69 Å². The van der Waals surface area contributed by atoms with Crippen LogP contribution in [0.15, 0.2) is 43.0 Å². The van der Waals surface area contributed by atoms with E-state index in [-0.39, 0.29) is 5.41 Å². The summed E-state index contributed by atoms with van der Waals surface area (Å²) in [4.78, 5) is 14.1. The van der Waals surface area contributed by atoms with Crippen molar-refractivity contribution in [3.05, 3.63) is 48.5 Å². The zero-order valence-electron chi connectivity index (χ0n) is 14.2. The summed E-state index contributed by atoms with van der Waals surface area (Å²) < 4.78 is 1.96. The molecule has 0 aliphatic rings. The molecule has 0 amide bonds. The van der Waals surface area contributed by atoms with E-state index in [4.69, 9.17) is 10.8 Å². The molecule has 2 aromatic rings. The van der Waals surface area contributed by atoms with E-state index in [0.717, 1.165) is 24.1 Å². The summed E-state index contributed by atoms with van der Waals surface area (Å²) in [5.41, 5.74) is 8.05. The Balaban J connectivity index is 0.000000241. The summed E-state index contributed by atoms with van der Waals surface area (Å²) in [5.74, 6) is -0.691. The predicted molar refractivity (Wildman–Crippen MR) is 92.4 cm³/mol. The first-order valence-electron chi connectivity index (χ1n) is 7.81. The van der Waals surface area contributed by atoms with E-state index < -0.39 is 5.97 Å². The molecule has 0 unspecified atom stereocenters. The Kier molecular flexibility index (Phi) is 7.48. The van der Waals surface area contributed by atoms with Crippen LogP contribution < -0.4 is 5.73 Å². The van der Waals surface area contributed by atoms with Gasteiger partial charge in [0.05, 0.1) is 6.33 Å². The summed E-state index contributed by atoms with van der Waals surface area (Å²) in [6, 6.07) is 8.10. The predicted octanol–water partition coefficient (Wildman–Crippen LogP) is 3.62. The second-order valence-corrected chi connectivity index (χ2v) is 6.65. The maximum atomic E-state index is 10.1. The monoisotopic (exact) mass is 317 g/mol. The summed E-state index contributed by atoms with van der Waals surface area (Å²) in [6.07, 6.45) is 7.52. The zero-order valence-corrected chi connectivity index (χ0v) is 14.2. The SMILES string of the molecule is CC(C)(C)CCCC(=O)O.NCc1cccc(-n2ccnc2)c1. The molecule has 0 spiro atoms. The van der Waals surface area contributed by atoms with Crippen molar-refractivity contribution >= 4 is 5.97 Å². The smallest absolute Gasteiger partial charge is 0.303 e. The van der Waals surface area contributed by atoms with Gasteiger partial charge >= 0.3 is 5.97 Å². The van der Waals surface area contributed by atoms with E-state index in [1.54, 1.807) is 12.5 Å². The van der Waals surface area contributed by atoms with E-state index in [2.05, 4.69) is 31.8 Å². The van der Waals surface area contributed by atoms with Crippen molar-refractivity contribution in [2.75, 3.05) is 0 Å². The van der Waals surface area contributed by atoms with E-state index in [0.29, 0.717) is 13.0 Å². The Bertz CT molecular complexity index is 587. The number of rotatable bonds is 5. The third-order valence-corrected chi connectivity index (χ3v) is 3.27. The average molecular weight is 317 g/mol. The zero-order chi connectivity index (χ0) is 17.3. The maximum Gasteiger partial charge on any atom is 0.303 e. The number of hydrogen-bond donors (Lipinski definition) is 2. The molecule has 0 aliphatic carbocycles. The lowest BCUT2D eigenvalue weighted by atomic mass is 9.90. The van der Waals surface area contributed by atoms with Gasteiger partial charge in [0.25, 0.3) is 0 Å². The van der Waals surface area contributed by atoms with Crippen molar-refractivity contribution < 1.29 is 9.90 Å². The van der Waals surface area contributed by atoms with Gasteiger partial charge in [-0.2, -0.15) is 0 Å². The normalized spacial score (nSPS) is 10.8. The van der Waals surface area contributed by atoms with Crippen LogP contribution in [-0.4, -0.2) is 20.6 Å². The number of carboxylic acids is 1. The summed E-state index contributed by atoms with van der Waals surface area (Å²) in [7, 11) is 0. The average Bonchev–Trinajstić information content (AvgIpc) is 3.00. The number of aromatic nitrogens is 2. The fourth-order valence-corrected chi connectivity index (χ4v) is 2.03. The van der Waals surface area contributed by atoms with Crippen molar-refractivity contribution in [2.45, 2.75) is 46.6 Å². The highest BCUT2D eigenvalue weighted by atomic mass is 16.4. The molecule has 0 saturated heterocycles. The van der Waals surface area contributed by atoms with E-state index in [1.165, 1.54) is 0 Å². The van der Waals surface area contributed by atoms with Crippen LogP contribution in [0.4, 0.5) is 0 Å². The van der Waals surface area contributed by atoms with Crippen LogP contribution in [-0.2, 0) is 11.3 Å². The second-order valence-electron chi connectivity index (χ2n) is 6.65. The molecule has 5 heteroatoms. The second kappa shape index (κ2) is 9.10. The largest absolute Gasteiger partial charge is 0.481 e. The van der Waals surface area contributed by atoms with Gasteiger partial charge in [-0.15, -0.1) is 0 Å². The molecule has 0 radical (unpaired) electrons. The Hall–Kier alpha value is -2.14. The summed E-state index contributed by atoms with van der Waals surface area (Å²) in [5, 5.41) is 8.31. The van der Waals surface area contributed by atoms with Crippen molar-refractivity contribution in [1.82, 2.24) is 9.55 Å². The van der Waals surface area contributed by atoms with Crippen LogP contribution in [0.1, 0.15) is 45.6 Å². The molecule has 0 atom stereocenters. The molecule has 1 heterocycles. The summed E-state index contributed by atoms with van der Waals surface area (Å²) >= 11 is 0. The van der Waals surface area contributed by atoms with Crippen LogP contribution in [0.2, 0.25) is 0 Å². The van der Waals surface area contributed by atoms with Crippen molar-refractivity contribution in [2.24, 2.45) is 11.1 Å². The fourth-order valence-electron chi connectivity index (χ4n) is 2.03. The van der Waals surface area contributed by atoms with Crippen LogP contribution in [0.25, 0.3) is 5.69 Å². The van der Waals surface area contributed by atoms with Gasteiger partial charge in [0.15, 0.2) is 0 Å². The Labute approximate surface area is 138 Å². The molecular weight excluding hydrogens is 290 g/mol. The standard InChI is InChI=1S/C10H11N3.C8H16O2/c11-7-9-2-1-3-10(6-9)13-5-4-12-8-13;1-8(2,3)6-4-5-7(9)10/h1-6,8H,7,11H2;4-6H2,1-3H3,(H,9,10). The van der Waals surface area contributed by atoms with E-state index in [9.17, 15) is 4.79 Å². The molecule has 1 aromatic heterocycles. The molecule has 0 saturated carbocycles. The van der Waals surface area contributed by atoms with Gasteiger partial charge in [-0.25, -0.2) is 4.98 Å². The third kappa shape index (κ3) is 8.16. The molecule has 23 heavy (non-hydrogen) atoms. The molecule has 3 N–H and O–H groups in total. The first-order chi connectivity index (χ1) is 10.8. The van der Waals surface area contributed by atoms with Gasteiger partial charge in [0.2, 0.25) is 0 Å². The number of hydrogen-bond acceptors (Lipinski definition) is 3. The van der Waals surface area contributed by atoms with E-state index in [1.807, 2.05) is 29.0 Å². The first-order valence-corrected chi connectivity index (χ1v) is 7.81. The Morgan fingerprint density at radius 3 is 2.61 bits per heavy atom. The number of nitrogens with two attached hydrogens (primary N) is 1. The minimum Gasteiger partial charge on any atom is -0.481 e. The maximum absolute atomic E-state index is 10.1. The van der Waals surface area contributed by atoms with Gasteiger partial charge in [0, 0.05) is 31.0 Å². The Morgan fingerprint density at radius 1 is 1.35 bits per heavy atom. The highest BCUT2D eigenvalue weighted by Gasteiger charge is 2.09. The lowest BCUT2D eigenvalue weighted by Crippen LogP contribution is -2.05. The molecule has 0 bridgehead atoms. The molecular formula is C18H27N3O2. The topological polar surface area (TPSA) is 81.1 Å². The molecule has 126 valence electrons. The van der Waals surface area contributed by atoms with Crippen molar-refractivity contribution in [1.29, 1.82) is 0 Å². The lowest BCUT2D eigenvalue weighted by molar-refractivity contribution is -0.137. The van der Waals surface area contributed by atoms with Crippen LogP contribution in [0.5, 0.6) is 0 Å². The minimum atomic E-state index is -0.691. The van der Waals surface area contributed by atoms with Crippen molar-refractivity contribution in [3.63, 3.8) is 0 Å². The summed E-state index contributed by atoms with van der Waals surface area (Å²) in [6.45, 7) is 6.93. The van der Waals surface area contributed by atoms with Gasteiger partial charge in [-0.05, 0) is 36.0 Å². The molecule has 1 aromatic carbocycles. The number of aliphatic carboxylic acids is 1. The van der Waals surface area contributed by atoms with Crippen LogP contribution in [0, 0.1) is 5.41 Å². The fraction of sp³-hybridized carbons (Fsp3) is 0.444. The number of carboxylic acid groups (broad SMARTS) is 1. The minimum absolute atomic E-state index is 0.273. The first kappa shape index (κ1) is 18.9. The molecule has 0 aliphatic heterocycles. The number of nitrogens with zero attached hydrogens (tertiary/aromatic N) is 2. The van der Waals surface area contributed by atoms with Gasteiger partial charge in [-0.1, -0.05) is 32.9 Å². The Morgan fingerprint density at radius 2 is 2.09 bits per heavy atom. The van der Waals surface area contributed by atoms with Crippen LogP contribution >= 0.6 is 0 Å². The van der Waals surface area contributed by atoms with Gasteiger partial charge in [-0.3, -0.25) is 4.79 Å². The number of carbonyl (C=O) groups is 1. The highest BCUT2D eigenvalue weighted by molar-refractivity contribution is 5.66. The molecule has 0 fully saturated rings. The molecule has 5 nitrogen and oxygen atoms in total. The third-order valence-electron chi connectivity index (χ3n) is 3.27. The number of imidazole rings is 1. The van der Waals surface area contributed by atoms with Gasteiger partial charge in [0.1, 0.15) is 0 Å². The molecule has 2 rings (SSSR count). The number of benzene rings is 1. The van der Waals surface area contributed by atoms with Gasteiger partial charge < -0.3 is 15.4 Å². The lowest BCUT2D eigenvalue weighted by Gasteiger charge is -2.16. The van der Waals surface area contributed by atoms with E-state index >= 15 is 0 Å². The van der Waals surface area contributed by atoms with Crippen LogP contribution in [0.3, 0.4) is 0 Å². The quantitative estimate of drug-likeness (QED) is 0.882. The highest BCUT2D eigenvalue weighted by Crippen LogP contribution is 2.21.